The van der Waals surface area contributed by atoms with E-state index in [-0.39, 0.29) is 29.9 Å². The minimum atomic E-state index is -0.308. The van der Waals surface area contributed by atoms with Crippen LogP contribution in [0.5, 0.6) is 0 Å². The third-order valence-corrected chi connectivity index (χ3v) is 6.50. The number of fused-ring (bicyclic) bond motifs is 2. The van der Waals surface area contributed by atoms with Crippen molar-refractivity contribution in [1.82, 2.24) is 4.90 Å². The van der Waals surface area contributed by atoms with Gasteiger partial charge >= 0.3 is 6.09 Å². The number of likely N-dealkylation sites (tertiary alicyclic amines) is 1. The molecule has 1 aromatic carbocycles. The van der Waals surface area contributed by atoms with Crippen LogP contribution in [0.3, 0.4) is 0 Å². The Balaban J connectivity index is 1.34. The van der Waals surface area contributed by atoms with E-state index in [1.54, 1.807) is 4.90 Å². The average Bonchev–Trinajstić information content (AvgIpc) is 3.06. The van der Waals surface area contributed by atoms with Gasteiger partial charge in [0.25, 0.3) is 0 Å². The van der Waals surface area contributed by atoms with Gasteiger partial charge in [-0.2, -0.15) is 0 Å². The normalized spacial score (nSPS) is 33.1. The predicted molar refractivity (Wildman–Crippen MR) is 101 cm³/mol. The lowest BCUT2D eigenvalue weighted by Crippen LogP contribution is -2.56. The highest BCUT2D eigenvalue weighted by molar-refractivity contribution is 5.68. The van der Waals surface area contributed by atoms with Gasteiger partial charge in [-0.25, -0.2) is 4.79 Å². The highest BCUT2D eigenvalue weighted by atomic mass is 16.5. The van der Waals surface area contributed by atoms with Gasteiger partial charge in [0.2, 0.25) is 0 Å². The number of amides is 1. The molecule has 0 radical (unpaired) electrons. The number of nitrogens with two attached hydrogens (primary N) is 1. The second kappa shape index (κ2) is 7.78. The zero-order valence-corrected chi connectivity index (χ0v) is 16.1. The molecule has 3 aliphatic rings. The molecule has 148 valence electrons. The van der Waals surface area contributed by atoms with E-state index in [1.807, 2.05) is 0 Å². The summed E-state index contributed by atoms with van der Waals surface area (Å²) in [6, 6.07) is 8.39. The quantitative estimate of drug-likeness (QED) is 0.881. The average molecular weight is 374 g/mol. The Bertz CT molecular complexity index is 672. The molecule has 1 aliphatic carbocycles. The van der Waals surface area contributed by atoms with Crippen molar-refractivity contribution in [2.24, 2.45) is 5.73 Å². The van der Waals surface area contributed by atoms with Crippen molar-refractivity contribution in [3.63, 3.8) is 0 Å². The van der Waals surface area contributed by atoms with Crippen LogP contribution in [-0.4, -0.2) is 49.4 Å². The number of nitrogens with zero attached hydrogens (tertiary/aromatic N) is 1. The smallest absolute Gasteiger partial charge is 0.409 e. The van der Waals surface area contributed by atoms with Crippen molar-refractivity contribution in [2.75, 3.05) is 20.3 Å². The van der Waals surface area contributed by atoms with Crippen LogP contribution in [0.2, 0.25) is 0 Å². The van der Waals surface area contributed by atoms with Gasteiger partial charge in [-0.15, -0.1) is 0 Å². The number of carbonyl (C=O) groups is 1. The maximum atomic E-state index is 12.0. The van der Waals surface area contributed by atoms with Crippen LogP contribution in [0, 0.1) is 0 Å². The highest BCUT2D eigenvalue weighted by Gasteiger charge is 2.43. The number of methoxy groups -OCH3 is 1. The third kappa shape index (κ3) is 3.58. The second-order valence-electron chi connectivity index (χ2n) is 8.01. The van der Waals surface area contributed by atoms with Crippen molar-refractivity contribution in [3.05, 3.63) is 35.4 Å². The van der Waals surface area contributed by atoms with E-state index >= 15 is 0 Å². The van der Waals surface area contributed by atoms with E-state index < -0.39 is 0 Å². The van der Waals surface area contributed by atoms with Crippen molar-refractivity contribution in [3.8, 4) is 0 Å². The number of carbonyl (C=O) groups excluding carboxylic acids is 1. The SMILES string of the molecule is COC(=O)N1CCC[C@H](N)[C@@H]1COC1CCC2(CC1)OCc1ccccc12. The van der Waals surface area contributed by atoms with Gasteiger partial charge in [-0.1, -0.05) is 24.3 Å². The van der Waals surface area contributed by atoms with Crippen molar-refractivity contribution >= 4 is 6.09 Å². The summed E-state index contributed by atoms with van der Waals surface area (Å²) in [5, 5.41) is 0. The molecule has 2 aliphatic heterocycles. The molecule has 0 unspecified atom stereocenters. The number of benzene rings is 1. The van der Waals surface area contributed by atoms with Crippen LogP contribution >= 0.6 is 0 Å². The molecule has 2 N–H and O–H groups in total. The van der Waals surface area contributed by atoms with E-state index in [4.69, 9.17) is 19.9 Å². The lowest BCUT2D eigenvalue weighted by atomic mass is 9.78. The molecule has 1 spiro atoms. The molecule has 2 heterocycles. The minimum absolute atomic E-state index is 0.0576. The summed E-state index contributed by atoms with van der Waals surface area (Å²) in [5.41, 5.74) is 8.82. The Morgan fingerprint density at radius 2 is 2.07 bits per heavy atom. The Morgan fingerprint density at radius 1 is 1.30 bits per heavy atom. The second-order valence-corrected chi connectivity index (χ2v) is 8.01. The van der Waals surface area contributed by atoms with E-state index in [2.05, 4.69) is 24.3 Å². The summed E-state index contributed by atoms with van der Waals surface area (Å²) in [7, 11) is 1.42. The molecule has 2 fully saturated rings. The van der Waals surface area contributed by atoms with Crippen LogP contribution in [0.25, 0.3) is 0 Å². The first kappa shape index (κ1) is 18.7. The Labute approximate surface area is 160 Å². The maximum Gasteiger partial charge on any atom is 0.409 e. The Hall–Kier alpha value is -1.63. The summed E-state index contributed by atoms with van der Waals surface area (Å²) in [6.07, 6.45) is 5.61. The molecule has 1 saturated heterocycles. The number of hydrogen-bond acceptors (Lipinski definition) is 5. The zero-order chi connectivity index (χ0) is 18.9. The molecule has 4 rings (SSSR count). The topological polar surface area (TPSA) is 74.0 Å². The largest absolute Gasteiger partial charge is 0.453 e. The molecular formula is C21H30N2O4. The summed E-state index contributed by atoms with van der Waals surface area (Å²) in [4.78, 5) is 13.8. The lowest BCUT2D eigenvalue weighted by molar-refractivity contribution is -0.102. The maximum absolute atomic E-state index is 12.0. The van der Waals surface area contributed by atoms with Gasteiger partial charge < -0.3 is 24.8 Å². The third-order valence-electron chi connectivity index (χ3n) is 6.50. The van der Waals surface area contributed by atoms with Gasteiger partial charge in [0.05, 0.1) is 38.1 Å². The molecule has 6 heteroatoms. The molecule has 1 saturated carbocycles. The molecule has 2 atom stereocenters. The summed E-state index contributed by atoms with van der Waals surface area (Å²) >= 11 is 0. The van der Waals surface area contributed by atoms with E-state index in [0.717, 1.165) is 38.5 Å². The van der Waals surface area contributed by atoms with Gasteiger partial charge in [0.1, 0.15) is 0 Å². The first-order valence-electron chi connectivity index (χ1n) is 10.1. The van der Waals surface area contributed by atoms with E-state index in [0.29, 0.717) is 19.8 Å². The molecule has 0 bridgehead atoms. The first-order chi connectivity index (χ1) is 13.1. The molecular weight excluding hydrogens is 344 g/mol. The monoisotopic (exact) mass is 374 g/mol. The fraction of sp³-hybridized carbons (Fsp3) is 0.667. The van der Waals surface area contributed by atoms with E-state index in [9.17, 15) is 4.79 Å². The van der Waals surface area contributed by atoms with Crippen molar-refractivity contribution in [2.45, 2.75) is 68.9 Å². The molecule has 1 amide bonds. The predicted octanol–water partition coefficient (Wildman–Crippen LogP) is 2.93. The van der Waals surface area contributed by atoms with Crippen molar-refractivity contribution in [1.29, 1.82) is 0 Å². The zero-order valence-electron chi connectivity index (χ0n) is 16.1. The number of piperidine rings is 1. The molecule has 0 aromatic heterocycles. The van der Waals surface area contributed by atoms with Crippen molar-refractivity contribution < 1.29 is 19.0 Å². The molecule has 27 heavy (non-hydrogen) atoms. The summed E-state index contributed by atoms with van der Waals surface area (Å²) < 4.78 is 17.4. The van der Waals surface area contributed by atoms with Crippen LogP contribution in [0.4, 0.5) is 4.79 Å². The standard InChI is InChI=1S/C21H30N2O4/c1-25-20(24)23-12-4-7-18(22)19(23)14-26-16-8-10-21(11-9-16)17-6-3-2-5-15(17)13-27-21/h2-3,5-6,16,18-19H,4,7-14,22H2,1H3/t16?,18-,19-,21?/m0/s1. The minimum Gasteiger partial charge on any atom is -0.453 e. The molecule has 1 aromatic rings. The van der Waals surface area contributed by atoms with Crippen LogP contribution in [0.1, 0.15) is 49.7 Å². The van der Waals surface area contributed by atoms with E-state index in [1.165, 1.54) is 18.2 Å². The Morgan fingerprint density at radius 3 is 2.85 bits per heavy atom. The Kier molecular flexibility index (Phi) is 5.39. The van der Waals surface area contributed by atoms with Crippen LogP contribution in [-0.2, 0) is 26.4 Å². The first-order valence-corrected chi connectivity index (χ1v) is 10.1. The van der Waals surface area contributed by atoms with Gasteiger partial charge in [-0.3, -0.25) is 0 Å². The summed E-state index contributed by atoms with van der Waals surface area (Å²) in [5.74, 6) is 0. The fourth-order valence-corrected chi connectivity index (χ4v) is 4.90. The number of ether oxygens (including phenoxy) is 3. The lowest BCUT2D eigenvalue weighted by Gasteiger charge is -2.41. The fourth-order valence-electron chi connectivity index (χ4n) is 4.90. The number of rotatable bonds is 3. The summed E-state index contributed by atoms with van der Waals surface area (Å²) in [6.45, 7) is 1.88. The number of hydrogen-bond donors (Lipinski definition) is 1. The molecule has 6 nitrogen and oxygen atoms in total. The van der Waals surface area contributed by atoms with Gasteiger partial charge in [-0.05, 0) is 49.7 Å². The van der Waals surface area contributed by atoms with Gasteiger partial charge in [0, 0.05) is 12.6 Å². The highest BCUT2D eigenvalue weighted by Crippen LogP contribution is 2.47. The van der Waals surface area contributed by atoms with Gasteiger partial charge in [0.15, 0.2) is 0 Å². The van der Waals surface area contributed by atoms with Crippen LogP contribution in [0.15, 0.2) is 24.3 Å². The van der Waals surface area contributed by atoms with Crippen LogP contribution < -0.4 is 5.73 Å².